The number of ether oxygens (including phenoxy) is 1. The van der Waals surface area contributed by atoms with Crippen LogP contribution in [0.2, 0.25) is 0 Å². The van der Waals surface area contributed by atoms with Crippen molar-refractivity contribution < 1.29 is 9.53 Å². The quantitative estimate of drug-likeness (QED) is 0.784. The van der Waals surface area contributed by atoms with E-state index in [2.05, 4.69) is 5.32 Å². The molecular formula is C15H24N2O2S. The molecule has 0 aliphatic heterocycles. The highest BCUT2D eigenvalue weighted by molar-refractivity contribution is 7.19. The monoisotopic (exact) mass is 296 g/mol. The Labute approximate surface area is 124 Å². The predicted octanol–water partition coefficient (Wildman–Crippen LogP) is 3.78. The van der Waals surface area contributed by atoms with E-state index in [4.69, 9.17) is 10.5 Å². The van der Waals surface area contributed by atoms with E-state index in [1.54, 1.807) is 7.11 Å². The lowest BCUT2D eigenvalue weighted by molar-refractivity contribution is 0.0944. The van der Waals surface area contributed by atoms with Crippen LogP contribution in [0.4, 0.5) is 10.7 Å². The van der Waals surface area contributed by atoms with Gasteiger partial charge in [0.15, 0.2) is 11.5 Å². The lowest BCUT2D eigenvalue weighted by Crippen LogP contribution is -2.10. The van der Waals surface area contributed by atoms with Crippen molar-refractivity contribution in [3.05, 3.63) is 4.88 Å². The second-order valence-corrected chi connectivity index (χ2v) is 6.78. The van der Waals surface area contributed by atoms with Gasteiger partial charge >= 0.3 is 0 Å². The number of ketones is 1. The number of nitrogen functional groups attached to an aromatic ring is 1. The lowest BCUT2D eigenvalue weighted by Gasteiger charge is -2.11. The number of methoxy groups -OCH3 is 1. The molecule has 1 heterocycles. The van der Waals surface area contributed by atoms with Gasteiger partial charge in [0.2, 0.25) is 0 Å². The fraction of sp³-hybridized carbons (Fsp3) is 0.667. The first-order valence-corrected chi connectivity index (χ1v) is 8.10. The molecule has 0 atom stereocenters. The van der Waals surface area contributed by atoms with Gasteiger partial charge in [-0.1, -0.05) is 26.7 Å². The van der Waals surface area contributed by atoms with Gasteiger partial charge in [0.05, 0.1) is 17.7 Å². The van der Waals surface area contributed by atoms with E-state index in [0.29, 0.717) is 16.3 Å². The zero-order valence-electron chi connectivity index (χ0n) is 12.5. The van der Waals surface area contributed by atoms with Gasteiger partial charge < -0.3 is 15.8 Å². The summed E-state index contributed by atoms with van der Waals surface area (Å²) in [7, 11) is 1.60. The minimum absolute atomic E-state index is 0.0525. The van der Waals surface area contributed by atoms with Gasteiger partial charge in [-0.05, 0) is 18.8 Å². The molecule has 0 spiro atoms. The maximum atomic E-state index is 12.2. The molecule has 20 heavy (non-hydrogen) atoms. The molecule has 1 aromatic rings. The van der Waals surface area contributed by atoms with Crippen LogP contribution in [0.5, 0.6) is 5.75 Å². The molecule has 1 fully saturated rings. The van der Waals surface area contributed by atoms with Crippen LogP contribution in [0.1, 0.15) is 49.2 Å². The minimum Gasteiger partial charge on any atom is -0.492 e. The van der Waals surface area contributed by atoms with Crippen LogP contribution in [-0.2, 0) is 0 Å². The fourth-order valence-electron chi connectivity index (χ4n) is 2.64. The Kier molecular flexibility index (Phi) is 4.91. The minimum atomic E-state index is -0.0525. The molecule has 4 nitrogen and oxygen atoms in total. The normalized spacial score (nSPS) is 15.8. The first-order chi connectivity index (χ1) is 9.54. The first-order valence-electron chi connectivity index (χ1n) is 7.29. The highest BCUT2D eigenvalue weighted by atomic mass is 32.1. The van der Waals surface area contributed by atoms with E-state index in [1.165, 1.54) is 37.0 Å². The standard InChI is InChI=1S/C15H24N2O2S/c1-9(2)12(18)14-11(16)13(19-3)15(20-14)17-8-10-6-4-5-7-10/h9-10,17H,4-8,16H2,1-3H3. The topological polar surface area (TPSA) is 64.3 Å². The number of carbonyl (C=O) groups excluding carboxylic acids is 1. The zero-order valence-corrected chi connectivity index (χ0v) is 13.3. The Hall–Kier alpha value is -1.23. The predicted molar refractivity (Wildman–Crippen MR) is 84.9 cm³/mol. The van der Waals surface area contributed by atoms with Crippen LogP contribution in [-0.4, -0.2) is 19.4 Å². The maximum absolute atomic E-state index is 12.2. The van der Waals surface area contributed by atoms with Gasteiger partial charge in [-0.2, -0.15) is 0 Å². The van der Waals surface area contributed by atoms with Crippen molar-refractivity contribution in [3.63, 3.8) is 0 Å². The van der Waals surface area contributed by atoms with E-state index < -0.39 is 0 Å². The third kappa shape index (κ3) is 3.08. The summed E-state index contributed by atoms with van der Waals surface area (Å²) in [4.78, 5) is 12.8. The van der Waals surface area contributed by atoms with Gasteiger partial charge in [-0.3, -0.25) is 4.79 Å². The molecule has 2 rings (SSSR count). The van der Waals surface area contributed by atoms with Crippen LogP contribution in [0.25, 0.3) is 0 Å². The highest BCUT2D eigenvalue weighted by Gasteiger charge is 2.24. The van der Waals surface area contributed by atoms with E-state index >= 15 is 0 Å². The van der Waals surface area contributed by atoms with Crippen molar-refractivity contribution in [1.29, 1.82) is 0 Å². The molecule has 1 aromatic heterocycles. The molecule has 0 radical (unpaired) electrons. The number of rotatable bonds is 6. The van der Waals surface area contributed by atoms with Crippen LogP contribution in [0, 0.1) is 11.8 Å². The molecule has 1 aliphatic carbocycles. The molecule has 0 bridgehead atoms. The van der Waals surface area contributed by atoms with Crippen molar-refractivity contribution in [2.24, 2.45) is 11.8 Å². The summed E-state index contributed by atoms with van der Waals surface area (Å²) in [5.41, 5.74) is 6.54. The summed E-state index contributed by atoms with van der Waals surface area (Å²) in [6.07, 6.45) is 5.22. The Balaban J connectivity index is 2.14. The van der Waals surface area contributed by atoms with Crippen molar-refractivity contribution >= 4 is 27.8 Å². The van der Waals surface area contributed by atoms with Gasteiger partial charge in [0.1, 0.15) is 5.00 Å². The van der Waals surface area contributed by atoms with Crippen molar-refractivity contribution in [2.45, 2.75) is 39.5 Å². The summed E-state index contributed by atoms with van der Waals surface area (Å²) < 4.78 is 5.37. The number of carbonyl (C=O) groups is 1. The van der Waals surface area contributed by atoms with E-state index in [9.17, 15) is 4.79 Å². The van der Waals surface area contributed by atoms with Crippen molar-refractivity contribution in [2.75, 3.05) is 24.7 Å². The van der Waals surface area contributed by atoms with Crippen LogP contribution < -0.4 is 15.8 Å². The molecule has 1 aliphatic rings. The summed E-state index contributed by atoms with van der Waals surface area (Å²) in [6.45, 7) is 4.71. The van der Waals surface area contributed by atoms with Gasteiger partial charge in [0.25, 0.3) is 0 Å². The number of hydrogen-bond acceptors (Lipinski definition) is 5. The summed E-state index contributed by atoms with van der Waals surface area (Å²) in [6, 6.07) is 0. The molecule has 0 aromatic carbocycles. The largest absolute Gasteiger partial charge is 0.492 e. The molecule has 1 saturated carbocycles. The number of hydrogen-bond donors (Lipinski definition) is 2. The Morgan fingerprint density at radius 3 is 2.65 bits per heavy atom. The summed E-state index contributed by atoms with van der Waals surface area (Å²) >= 11 is 1.42. The molecule has 5 heteroatoms. The SMILES string of the molecule is COc1c(NCC2CCCC2)sc(C(=O)C(C)C)c1N. The van der Waals surface area contributed by atoms with E-state index in [-0.39, 0.29) is 11.7 Å². The van der Waals surface area contributed by atoms with E-state index in [1.807, 2.05) is 13.8 Å². The van der Waals surface area contributed by atoms with Crippen molar-refractivity contribution in [1.82, 2.24) is 0 Å². The molecule has 0 amide bonds. The van der Waals surface area contributed by atoms with E-state index in [0.717, 1.165) is 17.5 Å². The zero-order chi connectivity index (χ0) is 14.7. The third-order valence-corrected chi connectivity index (χ3v) is 5.04. The number of nitrogens with one attached hydrogen (secondary N) is 1. The van der Waals surface area contributed by atoms with Gasteiger partial charge in [-0.15, -0.1) is 11.3 Å². The molecule has 0 unspecified atom stereocenters. The molecule has 3 N–H and O–H groups in total. The lowest BCUT2D eigenvalue weighted by atomic mass is 10.1. The molecule has 0 saturated heterocycles. The number of Topliss-reactive ketones (excluding diaryl/α,β-unsaturated/α-hetero) is 1. The van der Waals surface area contributed by atoms with Crippen LogP contribution in [0.3, 0.4) is 0 Å². The Morgan fingerprint density at radius 1 is 1.45 bits per heavy atom. The Bertz CT molecular complexity index is 476. The smallest absolute Gasteiger partial charge is 0.177 e. The fourth-order valence-corrected chi connectivity index (χ4v) is 3.83. The van der Waals surface area contributed by atoms with Gasteiger partial charge in [-0.25, -0.2) is 0 Å². The van der Waals surface area contributed by atoms with Gasteiger partial charge in [0, 0.05) is 12.5 Å². The summed E-state index contributed by atoms with van der Waals surface area (Å²) in [5, 5.41) is 4.31. The number of thiophene rings is 1. The third-order valence-electron chi connectivity index (χ3n) is 3.88. The average Bonchev–Trinajstić information content (AvgIpc) is 3.03. The Morgan fingerprint density at radius 2 is 2.10 bits per heavy atom. The average molecular weight is 296 g/mol. The number of anilines is 2. The molecule has 112 valence electrons. The first kappa shape index (κ1) is 15.2. The maximum Gasteiger partial charge on any atom is 0.177 e. The second-order valence-electron chi connectivity index (χ2n) is 5.76. The van der Waals surface area contributed by atoms with Crippen LogP contribution >= 0.6 is 11.3 Å². The summed E-state index contributed by atoms with van der Waals surface area (Å²) in [5.74, 6) is 1.38. The highest BCUT2D eigenvalue weighted by Crippen LogP contribution is 2.43. The van der Waals surface area contributed by atoms with Crippen LogP contribution in [0.15, 0.2) is 0 Å². The number of nitrogens with two attached hydrogens (primary N) is 1. The van der Waals surface area contributed by atoms with Crippen molar-refractivity contribution in [3.8, 4) is 5.75 Å². The second kappa shape index (κ2) is 6.48. The molecular weight excluding hydrogens is 272 g/mol.